The lowest BCUT2D eigenvalue weighted by atomic mass is 9.96. The van der Waals surface area contributed by atoms with Gasteiger partial charge in [0.05, 0.1) is 16.8 Å². The Bertz CT molecular complexity index is 1430. The number of carbonyl (C=O) groups excluding carboxylic acids is 1. The molecule has 0 aliphatic carbocycles. The zero-order valence-corrected chi connectivity index (χ0v) is 18.6. The van der Waals surface area contributed by atoms with E-state index in [2.05, 4.69) is 15.3 Å². The normalized spacial score (nSPS) is 11.9. The molecule has 2 aromatic carbocycles. The lowest BCUT2D eigenvalue weighted by Gasteiger charge is -2.19. The smallest absolute Gasteiger partial charge is 0.321 e. The molecule has 0 bridgehead atoms. The standard InChI is InChI=1S/C26H17F6N3O/c1-15-18(8-4-12-33-15)22-19(25(27,28)29)9-3-11-21(22)35-24(36)17-7-2-6-16(14-17)23-20(26(30,31)32)10-5-13-34-23/h2-14H,1H3,(H,35,36). The van der Waals surface area contributed by atoms with Crippen molar-refractivity contribution < 1.29 is 31.1 Å². The Morgan fingerprint density at radius 1 is 0.778 bits per heavy atom. The first-order valence-electron chi connectivity index (χ1n) is 10.5. The molecule has 0 radical (unpaired) electrons. The van der Waals surface area contributed by atoms with Crippen LogP contribution in [0.2, 0.25) is 0 Å². The number of nitrogens with zero attached hydrogens (tertiary/aromatic N) is 2. The van der Waals surface area contributed by atoms with E-state index >= 15 is 0 Å². The fourth-order valence-corrected chi connectivity index (χ4v) is 3.80. The molecular weight excluding hydrogens is 484 g/mol. The number of pyridine rings is 2. The number of alkyl halides is 6. The van der Waals surface area contributed by atoms with Crippen molar-refractivity contribution in [2.24, 2.45) is 0 Å². The van der Waals surface area contributed by atoms with Gasteiger partial charge >= 0.3 is 12.4 Å². The minimum Gasteiger partial charge on any atom is -0.321 e. The van der Waals surface area contributed by atoms with Gasteiger partial charge in [-0.2, -0.15) is 26.3 Å². The lowest BCUT2D eigenvalue weighted by Crippen LogP contribution is -2.16. The van der Waals surface area contributed by atoms with Crippen LogP contribution in [0.4, 0.5) is 32.0 Å². The Morgan fingerprint density at radius 3 is 2.11 bits per heavy atom. The van der Waals surface area contributed by atoms with Crippen molar-refractivity contribution in [3.05, 3.63) is 102 Å². The third kappa shape index (κ3) is 5.07. The second-order valence-electron chi connectivity index (χ2n) is 7.79. The topological polar surface area (TPSA) is 54.9 Å². The van der Waals surface area contributed by atoms with E-state index in [1.54, 1.807) is 6.92 Å². The monoisotopic (exact) mass is 501 g/mol. The molecule has 0 saturated heterocycles. The van der Waals surface area contributed by atoms with Crippen LogP contribution in [0.15, 0.2) is 79.1 Å². The molecule has 2 aromatic heterocycles. The van der Waals surface area contributed by atoms with Crippen LogP contribution in [0.1, 0.15) is 27.2 Å². The van der Waals surface area contributed by atoms with Gasteiger partial charge in [0.25, 0.3) is 5.91 Å². The minimum absolute atomic E-state index is 0.0305. The van der Waals surface area contributed by atoms with Gasteiger partial charge in [-0.1, -0.05) is 24.3 Å². The molecule has 0 atom stereocenters. The highest BCUT2D eigenvalue weighted by molar-refractivity contribution is 6.07. The number of anilines is 1. The largest absolute Gasteiger partial charge is 0.418 e. The predicted molar refractivity (Wildman–Crippen MR) is 122 cm³/mol. The molecule has 36 heavy (non-hydrogen) atoms. The van der Waals surface area contributed by atoms with Gasteiger partial charge in [0.2, 0.25) is 0 Å². The van der Waals surface area contributed by atoms with Crippen molar-refractivity contribution in [3.63, 3.8) is 0 Å². The van der Waals surface area contributed by atoms with E-state index < -0.39 is 29.4 Å². The van der Waals surface area contributed by atoms with Crippen molar-refractivity contribution in [2.45, 2.75) is 19.3 Å². The second kappa shape index (κ2) is 9.44. The zero-order valence-electron chi connectivity index (χ0n) is 18.6. The Hall–Kier alpha value is -4.21. The average Bonchev–Trinajstić information content (AvgIpc) is 2.83. The summed E-state index contributed by atoms with van der Waals surface area (Å²) in [4.78, 5) is 20.9. The van der Waals surface area contributed by atoms with Crippen molar-refractivity contribution in [1.82, 2.24) is 9.97 Å². The average molecular weight is 501 g/mol. The van der Waals surface area contributed by atoms with Crippen molar-refractivity contribution in [3.8, 4) is 22.4 Å². The van der Waals surface area contributed by atoms with E-state index in [9.17, 15) is 31.1 Å². The summed E-state index contributed by atoms with van der Waals surface area (Å²) >= 11 is 0. The first kappa shape index (κ1) is 24.9. The summed E-state index contributed by atoms with van der Waals surface area (Å²) in [5.41, 5.74) is -2.22. The molecule has 2 heterocycles. The van der Waals surface area contributed by atoms with Gasteiger partial charge in [0.15, 0.2) is 0 Å². The number of hydrogen-bond acceptors (Lipinski definition) is 3. The summed E-state index contributed by atoms with van der Waals surface area (Å²) in [6.45, 7) is 1.54. The lowest BCUT2D eigenvalue weighted by molar-refractivity contribution is -0.138. The maximum absolute atomic E-state index is 13.8. The van der Waals surface area contributed by atoms with E-state index in [1.807, 2.05) is 0 Å². The summed E-state index contributed by atoms with van der Waals surface area (Å²) < 4.78 is 81.9. The Kier molecular flexibility index (Phi) is 6.53. The van der Waals surface area contributed by atoms with Crippen molar-refractivity contribution in [2.75, 3.05) is 5.32 Å². The summed E-state index contributed by atoms with van der Waals surface area (Å²) in [5, 5.41) is 2.48. The number of halogens is 6. The quantitative estimate of drug-likeness (QED) is 0.296. The minimum atomic E-state index is -4.72. The summed E-state index contributed by atoms with van der Waals surface area (Å²) in [6, 6.07) is 13.6. The summed E-state index contributed by atoms with van der Waals surface area (Å²) in [6.07, 6.45) is -6.75. The Balaban J connectivity index is 1.77. The molecule has 4 aromatic rings. The van der Waals surface area contributed by atoms with Crippen LogP contribution in [0.3, 0.4) is 0 Å². The van der Waals surface area contributed by atoms with Crippen LogP contribution in [0.5, 0.6) is 0 Å². The van der Waals surface area contributed by atoms with Crippen molar-refractivity contribution in [1.29, 1.82) is 0 Å². The van der Waals surface area contributed by atoms with Crippen LogP contribution in [0.25, 0.3) is 22.4 Å². The predicted octanol–water partition coefficient (Wildman–Crippen LogP) is 7.41. The molecule has 0 aliphatic rings. The maximum atomic E-state index is 13.8. The molecule has 1 amide bonds. The number of amides is 1. The van der Waals surface area contributed by atoms with Crippen LogP contribution in [-0.2, 0) is 12.4 Å². The van der Waals surface area contributed by atoms with Gasteiger partial charge in [-0.25, -0.2) is 0 Å². The molecule has 0 fully saturated rings. The molecule has 10 heteroatoms. The van der Waals surface area contributed by atoms with Gasteiger partial charge in [-0.15, -0.1) is 0 Å². The van der Waals surface area contributed by atoms with E-state index in [1.165, 1.54) is 54.9 Å². The highest BCUT2D eigenvalue weighted by Crippen LogP contribution is 2.42. The summed E-state index contributed by atoms with van der Waals surface area (Å²) in [5.74, 6) is -0.802. The molecule has 1 N–H and O–H groups in total. The van der Waals surface area contributed by atoms with Gasteiger partial charge in [-0.05, 0) is 49.4 Å². The Morgan fingerprint density at radius 2 is 1.42 bits per heavy atom. The fourth-order valence-electron chi connectivity index (χ4n) is 3.80. The Labute approximate surface area is 201 Å². The molecular formula is C26H17F6N3O. The van der Waals surface area contributed by atoms with Crippen LogP contribution in [-0.4, -0.2) is 15.9 Å². The van der Waals surface area contributed by atoms with E-state index in [0.29, 0.717) is 5.69 Å². The molecule has 0 unspecified atom stereocenters. The molecule has 0 aliphatic heterocycles. The number of carbonyl (C=O) groups is 1. The van der Waals surface area contributed by atoms with Gasteiger partial charge in [0.1, 0.15) is 0 Å². The number of nitrogens with one attached hydrogen (secondary N) is 1. The SMILES string of the molecule is Cc1ncccc1-c1c(NC(=O)c2cccc(-c3ncccc3C(F)(F)F)c2)cccc1C(F)(F)F. The van der Waals surface area contributed by atoms with Gasteiger partial charge < -0.3 is 5.32 Å². The van der Waals surface area contributed by atoms with E-state index in [-0.39, 0.29) is 33.6 Å². The third-order valence-electron chi connectivity index (χ3n) is 5.41. The number of hydrogen-bond donors (Lipinski definition) is 1. The second-order valence-corrected chi connectivity index (χ2v) is 7.79. The van der Waals surface area contributed by atoms with Gasteiger partial charge in [0, 0.05) is 46.0 Å². The van der Waals surface area contributed by atoms with Crippen LogP contribution in [0, 0.1) is 6.92 Å². The molecule has 184 valence electrons. The first-order valence-corrected chi connectivity index (χ1v) is 10.5. The molecule has 0 saturated carbocycles. The van der Waals surface area contributed by atoms with Gasteiger partial charge in [-0.3, -0.25) is 14.8 Å². The number of aryl methyl sites for hydroxylation is 1. The highest BCUT2D eigenvalue weighted by atomic mass is 19.4. The van der Waals surface area contributed by atoms with Crippen LogP contribution < -0.4 is 5.32 Å². The van der Waals surface area contributed by atoms with E-state index in [4.69, 9.17) is 0 Å². The number of rotatable bonds is 4. The molecule has 4 rings (SSSR count). The first-order chi connectivity index (χ1) is 17.0. The summed E-state index contributed by atoms with van der Waals surface area (Å²) in [7, 11) is 0. The van der Waals surface area contributed by atoms with E-state index in [0.717, 1.165) is 24.3 Å². The highest BCUT2D eigenvalue weighted by Gasteiger charge is 2.36. The molecule has 4 nitrogen and oxygen atoms in total. The third-order valence-corrected chi connectivity index (χ3v) is 5.41. The zero-order chi connectivity index (χ0) is 26.1. The maximum Gasteiger partial charge on any atom is 0.418 e. The number of benzene rings is 2. The fraction of sp³-hybridized carbons (Fsp3) is 0.115. The number of aromatic nitrogens is 2. The van der Waals surface area contributed by atoms with Crippen LogP contribution >= 0.6 is 0 Å². The van der Waals surface area contributed by atoms with Crippen molar-refractivity contribution >= 4 is 11.6 Å². The molecule has 0 spiro atoms.